The number of hydrogen-bond acceptors (Lipinski definition) is 4. The van der Waals surface area contributed by atoms with Crippen molar-refractivity contribution in [1.82, 2.24) is 4.98 Å². The molecule has 0 N–H and O–H groups in total. The molecule has 2 aromatic rings. The third kappa shape index (κ3) is 1.11. The minimum atomic E-state index is 0.318. The molecule has 58 valence electrons. The van der Waals surface area contributed by atoms with E-state index in [2.05, 4.69) is 4.98 Å². The second kappa shape index (κ2) is 2.80. The van der Waals surface area contributed by atoms with Crippen LogP contribution < -0.4 is 0 Å². The lowest BCUT2D eigenvalue weighted by Crippen LogP contribution is -1.72. The molecule has 0 atom stereocenters. The standard InChI is InChI=1S/C8H4N2OS/c9-4-6-5-11-8(10-6)7-2-1-3-12-7/h1-3,5H. The smallest absolute Gasteiger partial charge is 0.237 e. The van der Waals surface area contributed by atoms with Crippen molar-refractivity contribution >= 4 is 11.3 Å². The number of hydrogen-bond donors (Lipinski definition) is 0. The molecule has 0 radical (unpaired) electrons. The first kappa shape index (κ1) is 7.07. The molecule has 0 bridgehead atoms. The number of nitrogens with zero attached hydrogens (tertiary/aromatic N) is 2. The van der Waals surface area contributed by atoms with Gasteiger partial charge in [0.2, 0.25) is 5.89 Å². The molecule has 3 nitrogen and oxygen atoms in total. The van der Waals surface area contributed by atoms with Crippen LogP contribution in [0.5, 0.6) is 0 Å². The van der Waals surface area contributed by atoms with Crippen molar-refractivity contribution in [3.05, 3.63) is 29.5 Å². The Morgan fingerprint density at radius 2 is 2.50 bits per heavy atom. The summed E-state index contributed by atoms with van der Waals surface area (Å²) in [7, 11) is 0. The lowest BCUT2D eigenvalue weighted by molar-refractivity contribution is 0.575. The van der Waals surface area contributed by atoms with Crippen LogP contribution in [0.3, 0.4) is 0 Å². The molecule has 0 aliphatic carbocycles. The van der Waals surface area contributed by atoms with Gasteiger partial charge in [0.15, 0.2) is 5.69 Å². The van der Waals surface area contributed by atoms with Crippen LogP contribution in [0.25, 0.3) is 10.8 Å². The van der Waals surface area contributed by atoms with Crippen LogP contribution in [0.15, 0.2) is 28.2 Å². The third-order valence-electron chi connectivity index (χ3n) is 1.35. The summed E-state index contributed by atoms with van der Waals surface area (Å²) < 4.78 is 5.08. The first-order valence-electron chi connectivity index (χ1n) is 3.29. The van der Waals surface area contributed by atoms with Gasteiger partial charge in [0.1, 0.15) is 12.3 Å². The highest BCUT2D eigenvalue weighted by molar-refractivity contribution is 7.13. The van der Waals surface area contributed by atoms with E-state index in [1.165, 1.54) is 17.6 Å². The van der Waals surface area contributed by atoms with E-state index in [9.17, 15) is 0 Å². The van der Waals surface area contributed by atoms with E-state index >= 15 is 0 Å². The van der Waals surface area contributed by atoms with E-state index in [0.717, 1.165) is 4.88 Å². The fourth-order valence-electron chi connectivity index (χ4n) is 0.839. The largest absolute Gasteiger partial charge is 0.442 e. The van der Waals surface area contributed by atoms with Gasteiger partial charge in [-0.25, -0.2) is 0 Å². The van der Waals surface area contributed by atoms with Gasteiger partial charge in [0.05, 0.1) is 4.88 Å². The van der Waals surface area contributed by atoms with Crippen molar-refractivity contribution in [2.45, 2.75) is 0 Å². The van der Waals surface area contributed by atoms with Gasteiger partial charge in [0, 0.05) is 0 Å². The predicted octanol–water partition coefficient (Wildman–Crippen LogP) is 2.27. The highest BCUT2D eigenvalue weighted by atomic mass is 32.1. The van der Waals surface area contributed by atoms with Gasteiger partial charge in [-0.2, -0.15) is 10.2 Å². The molecule has 0 amide bonds. The molecule has 0 aliphatic rings. The fourth-order valence-corrected chi connectivity index (χ4v) is 1.49. The molecule has 0 fully saturated rings. The van der Waals surface area contributed by atoms with E-state index in [-0.39, 0.29) is 0 Å². The minimum absolute atomic E-state index is 0.318. The van der Waals surface area contributed by atoms with E-state index in [4.69, 9.17) is 9.68 Å². The van der Waals surface area contributed by atoms with E-state index in [1.54, 1.807) is 0 Å². The van der Waals surface area contributed by atoms with Gasteiger partial charge in [-0.15, -0.1) is 11.3 Å². The molecular weight excluding hydrogens is 172 g/mol. The van der Waals surface area contributed by atoms with Crippen molar-refractivity contribution in [2.24, 2.45) is 0 Å². The zero-order valence-corrected chi connectivity index (χ0v) is 6.84. The summed E-state index contributed by atoms with van der Waals surface area (Å²) in [4.78, 5) is 4.90. The maximum atomic E-state index is 8.48. The Hall–Kier alpha value is -1.60. The van der Waals surface area contributed by atoms with Crippen molar-refractivity contribution in [3.63, 3.8) is 0 Å². The van der Waals surface area contributed by atoms with Gasteiger partial charge in [-0.05, 0) is 11.4 Å². The molecule has 2 aromatic heterocycles. The second-order valence-corrected chi connectivity index (χ2v) is 3.07. The highest BCUT2D eigenvalue weighted by Gasteiger charge is 2.05. The van der Waals surface area contributed by atoms with Crippen LogP contribution in [0, 0.1) is 11.3 Å². The molecule has 0 unspecified atom stereocenters. The molecule has 0 saturated heterocycles. The number of thiophene rings is 1. The molecule has 4 heteroatoms. The van der Waals surface area contributed by atoms with Crippen LogP contribution in [0.1, 0.15) is 5.69 Å². The second-order valence-electron chi connectivity index (χ2n) is 2.13. The Kier molecular flexibility index (Phi) is 1.65. The van der Waals surface area contributed by atoms with E-state index in [1.807, 2.05) is 23.6 Å². The van der Waals surface area contributed by atoms with Gasteiger partial charge >= 0.3 is 0 Å². The summed E-state index contributed by atoms with van der Waals surface area (Å²) in [5.74, 6) is 0.515. The predicted molar refractivity (Wildman–Crippen MR) is 44.5 cm³/mol. The Bertz CT molecular complexity index is 410. The van der Waals surface area contributed by atoms with Crippen LogP contribution in [-0.2, 0) is 0 Å². The molecule has 0 saturated carbocycles. The molecule has 0 aliphatic heterocycles. The molecule has 12 heavy (non-hydrogen) atoms. The zero-order chi connectivity index (χ0) is 8.39. The fraction of sp³-hybridized carbons (Fsp3) is 0. The lowest BCUT2D eigenvalue weighted by Gasteiger charge is -1.83. The monoisotopic (exact) mass is 176 g/mol. The molecule has 0 aromatic carbocycles. The van der Waals surface area contributed by atoms with Crippen molar-refractivity contribution in [2.75, 3.05) is 0 Å². The summed E-state index contributed by atoms with van der Waals surface area (Å²) in [6.07, 6.45) is 1.36. The Morgan fingerprint density at radius 3 is 3.08 bits per heavy atom. The number of rotatable bonds is 1. The summed E-state index contributed by atoms with van der Waals surface area (Å²) in [5, 5.41) is 10.4. The molecule has 2 rings (SSSR count). The van der Waals surface area contributed by atoms with E-state index in [0.29, 0.717) is 11.6 Å². The number of nitriles is 1. The molecule has 2 heterocycles. The third-order valence-corrected chi connectivity index (χ3v) is 2.21. The van der Waals surface area contributed by atoms with E-state index < -0.39 is 0 Å². The van der Waals surface area contributed by atoms with Crippen LogP contribution >= 0.6 is 11.3 Å². The molecule has 0 spiro atoms. The first-order chi connectivity index (χ1) is 5.90. The Balaban J connectivity index is 2.44. The van der Waals surface area contributed by atoms with Crippen molar-refractivity contribution < 1.29 is 4.42 Å². The Labute approximate surface area is 72.9 Å². The Morgan fingerprint density at radius 1 is 1.58 bits per heavy atom. The normalized spacial score (nSPS) is 9.58. The van der Waals surface area contributed by atoms with Crippen molar-refractivity contribution in [3.8, 4) is 16.8 Å². The van der Waals surface area contributed by atoms with Gasteiger partial charge in [-0.3, -0.25) is 0 Å². The van der Waals surface area contributed by atoms with Crippen LogP contribution in [0.4, 0.5) is 0 Å². The molecular formula is C8H4N2OS. The summed E-state index contributed by atoms with van der Waals surface area (Å²) in [6.45, 7) is 0. The van der Waals surface area contributed by atoms with Crippen LogP contribution in [0.2, 0.25) is 0 Å². The van der Waals surface area contributed by atoms with Gasteiger partial charge in [0.25, 0.3) is 0 Å². The summed E-state index contributed by atoms with van der Waals surface area (Å²) >= 11 is 1.53. The van der Waals surface area contributed by atoms with Gasteiger partial charge < -0.3 is 4.42 Å². The summed E-state index contributed by atoms with van der Waals surface area (Å²) in [5.41, 5.74) is 0.318. The van der Waals surface area contributed by atoms with Crippen LogP contribution in [-0.4, -0.2) is 4.98 Å². The van der Waals surface area contributed by atoms with Gasteiger partial charge in [-0.1, -0.05) is 6.07 Å². The average molecular weight is 176 g/mol. The first-order valence-corrected chi connectivity index (χ1v) is 4.17. The average Bonchev–Trinajstić information content (AvgIpc) is 2.75. The SMILES string of the molecule is N#Cc1coc(-c2cccs2)n1. The number of oxazole rings is 1. The summed E-state index contributed by atoms with van der Waals surface area (Å²) in [6, 6.07) is 5.72. The highest BCUT2D eigenvalue weighted by Crippen LogP contribution is 2.23. The minimum Gasteiger partial charge on any atom is -0.442 e. The maximum absolute atomic E-state index is 8.48. The van der Waals surface area contributed by atoms with Crippen molar-refractivity contribution in [1.29, 1.82) is 5.26 Å². The lowest BCUT2D eigenvalue weighted by atomic mass is 10.5. The maximum Gasteiger partial charge on any atom is 0.237 e. The topological polar surface area (TPSA) is 49.8 Å². The quantitative estimate of drug-likeness (QED) is 0.669. The number of aromatic nitrogens is 1. The zero-order valence-electron chi connectivity index (χ0n) is 6.02.